The molecule has 4 nitrogen and oxygen atoms in total. The molecular weight excluding hydrogens is 204 g/mol. The molecule has 0 aliphatic carbocycles. The summed E-state index contributed by atoms with van der Waals surface area (Å²) in [6.07, 6.45) is 1.36. The number of carbonyl (C=O) groups is 1. The van der Waals surface area contributed by atoms with Gasteiger partial charge in [-0.1, -0.05) is 24.2 Å². The fraction of sp³-hybridized carbons (Fsp3) is 0.333. The summed E-state index contributed by atoms with van der Waals surface area (Å²) < 4.78 is 0. The maximum absolute atomic E-state index is 11.3. The Morgan fingerprint density at radius 2 is 2.00 bits per heavy atom. The van der Waals surface area contributed by atoms with Gasteiger partial charge in [-0.15, -0.1) is 0 Å². The van der Waals surface area contributed by atoms with Crippen LogP contribution in [0.5, 0.6) is 0 Å². The van der Waals surface area contributed by atoms with Gasteiger partial charge in [0, 0.05) is 12.1 Å². The van der Waals surface area contributed by atoms with E-state index in [0.717, 1.165) is 17.7 Å². The summed E-state index contributed by atoms with van der Waals surface area (Å²) in [5.41, 5.74) is 2.13. The van der Waals surface area contributed by atoms with E-state index in [4.69, 9.17) is 5.21 Å². The molecule has 0 fully saturated rings. The van der Waals surface area contributed by atoms with E-state index in [1.165, 1.54) is 0 Å². The predicted octanol–water partition coefficient (Wildman–Crippen LogP) is 2.62. The highest BCUT2D eigenvalue weighted by Gasteiger charge is 2.01. The Balaban J connectivity index is 2.68. The number of oxime groups is 1. The molecule has 86 valence electrons. The van der Waals surface area contributed by atoms with Crippen molar-refractivity contribution in [3.05, 3.63) is 29.8 Å². The monoisotopic (exact) mass is 220 g/mol. The lowest BCUT2D eigenvalue weighted by Crippen LogP contribution is -2.10. The van der Waals surface area contributed by atoms with Gasteiger partial charge in [-0.3, -0.25) is 4.79 Å². The van der Waals surface area contributed by atoms with E-state index in [2.05, 4.69) is 10.5 Å². The standard InChI is InChI=1S/C12H16N2O2/c1-3-4-12(15)13-11-7-5-10(6-8-11)9(2)14-16/h5-8,16H,3-4H2,1-2H3,(H,13,15)/b14-9+. The number of anilines is 1. The van der Waals surface area contributed by atoms with Gasteiger partial charge in [-0.2, -0.15) is 0 Å². The first-order valence-corrected chi connectivity index (χ1v) is 5.26. The van der Waals surface area contributed by atoms with Gasteiger partial charge in [-0.05, 0) is 31.0 Å². The summed E-state index contributed by atoms with van der Waals surface area (Å²) >= 11 is 0. The molecule has 1 aromatic rings. The SMILES string of the molecule is CCCC(=O)Nc1ccc(/C(C)=N/O)cc1. The smallest absolute Gasteiger partial charge is 0.224 e. The largest absolute Gasteiger partial charge is 0.411 e. The fourth-order valence-corrected chi connectivity index (χ4v) is 1.30. The lowest BCUT2D eigenvalue weighted by Gasteiger charge is -2.05. The Morgan fingerprint density at radius 3 is 2.50 bits per heavy atom. The topological polar surface area (TPSA) is 61.7 Å². The molecule has 1 aromatic carbocycles. The molecule has 0 radical (unpaired) electrons. The number of hydrogen-bond donors (Lipinski definition) is 2. The predicted molar refractivity (Wildman–Crippen MR) is 64.0 cm³/mol. The minimum atomic E-state index is 0.0165. The van der Waals surface area contributed by atoms with Crippen molar-refractivity contribution >= 4 is 17.3 Å². The van der Waals surface area contributed by atoms with E-state index in [1.54, 1.807) is 31.2 Å². The quantitative estimate of drug-likeness (QED) is 0.465. The summed E-state index contributed by atoms with van der Waals surface area (Å²) in [6.45, 7) is 3.68. The van der Waals surface area contributed by atoms with Crippen molar-refractivity contribution < 1.29 is 10.0 Å². The first kappa shape index (κ1) is 12.2. The van der Waals surface area contributed by atoms with Crippen LogP contribution >= 0.6 is 0 Å². The van der Waals surface area contributed by atoms with E-state index in [0.29, 0.717) is 12.1 Å². The molecule has 0 aliphatic heterocycles. The number of nitrogens with one attached hydrogen (secondary N) is 1. The van der Waals surface area contributed by atoms with Crippen LogP contribution in [0, 0.1) is 0 Å². The summed E-state index contributed by atoms with van der Waals surface area (Å²) in [7, 11) is 0. The van der Waals surface area contributed by atoms with Crippen LogP contribution in [0.4, 0.5) is 5.69 Å². The lowest BCUT2D eigenvalue weighted by atomic mass is 10.1. The Bertz CT molecular complexity index is 383. The zero-order valence-corrected chi connectivity index (χ0v) is 9.53. The minimum Gasteiger partial charge on any atom is -0.411 e. The molecule has 1 rings (SSSR count). The van der Waals surface area contributed by atoms with Crippen molar-refractivity contribution in [1.82, 2.24) is 0 Å². The number of nitrogens with zero attached hydrogens (tertiary/aromatic N) is 1. The van der Waals surface area contributed by atoms with Gasteiger partial charge in [0.1, 0.15) is 0 Å². The normalized spacial score (nSPS) is 11.2. The Morgan fingerprint density at radius 1 is 1.38 bits per heavy atom. The van der Waals surface area contributed by atoms with E-state index in [9.17, 15) is 4.79 Å². The minimum absolute atomic E-state index is 0.0165. The number of amides is 1. The van der Waals surface area contributed by atoms with E-state index >= 15 is 0 Å². The Labute approximate surface area is 95.0 Å². The van der Waals surface area contributed by atoms with Crippen molar-refractivity contribution in [1.29, 1.82) is 0 Å². The summed E-state index contributed by atoms with van der Waals surface area (Å²) in [6, 6.07) is 7.18. The highest BCUT2D eigenvalue weighted by molar-refractivity contribution is 5.99. The summed E-state index contributed by atoms with van der Waals surface area (Å²) in [5.74, 6) is 0.0165. The molecule has 0 atom stereocenters. The van der Waals surface area contributed by atoms with Crippen molar-refractivity contribution in [2.45, 2.75) is 26.7 Å². The molecular formula is C12H16N2O2. The van der Waals surface area contributed by atoms with Gasteiger partial charge in [0.15, 0.2) is 0 Å². The molecule has 0 aromatic heterocycles. The third-order valence-corrected chi connectivity index (χ3v) is 2.21. The molecule has 0 spiro atoms. The second kappa shape index (κ2) is 5.90. The molecule has 2 N–H and O–H groups in total. The third-order valence-electron chi connectivity index (χ3n) is 2.21. The number of hydrogen-bond acceptors (Lipinski definition) is 3. The molecule has 0 unspecified atom stereocenters. The van der Waals surface area contributed by atoms with Gasteiger partial charge in [0.05, 0.1) is 5.71 Å². The number of carbonyl (C=O) groups excluding carboxylic acids is 1. The molecule has 0 aliphatic rings. The zero-order chi connectivity index (χ0) is 12.0. The van der Waals surface area contributed by atoms with Gasteiger partial charge >= 0.3 is 0 Å². The molecule has 1 amide bonds. The molecule has 0 heterocycles. The van der Waals surface area contributed by atoms with Crippen LogP contribution in [-0.4, -0.2) is 16.8 Å². The van der Waals surface area contributed by atoms with Crippen LogP contribution in [0.1, 0.15) is 32.3 Å². The van der Waals surface area contributed by atoms with Gasteiger partial charge < -0.3 is 10.5 Å². The average molecular weight is 220 g/mol. The van der Waals surface area contributed by atoms with Crippen molar-refractivity contribution in [3.8, 4) is 0 Å². The maximum atomic E-state index is 11.3. The maximum Gasteiger partial charge on any atom is 0.224 e. The van der Waals surface area contributed by atoms with Crippen LogP contribution < -0.4 is 5.32 Å². The Kier molecular flexibility index (Phi) is 4.51. The molecule has 4 heteroatoms. The fourth-order valence-electron chi connectivity index (χ4n) is 1.30. The van der Waals surface area contributed by atoms with Crippen LogP contribution in [0.2, 0.25) is 0 Å². The molecule has 16 heavy (non-hydrogen) atoms. The molecule has 0 saturated carbocycles. The zero-order valence-electron chi connectivity index (χ0n) is 9.53. The van der Waals surface area contributed by atoms with Gasteiger partial charge in [-0.25, -0.2) is 0 Å². The van der Waals surface area contributed by atoms with Gasteiger partial charge in [0.25, 0.3) is 0 Å². The summed E-state index contributed by atoms with van der Waals surface area (Å²) in [5, 5.41) is 14.5. The number of benzene rings is 1. The van der Waals surface area contributed by atoms with Crippen LogP contribution in [-0.2, 0) is 4.79 Å². The Hall–Kier alpha value is -1.84. The summed E-state index contributed by atoms with van der Waals surface area (Å²) in [4.78, 5) is 11.3. The second-order valence-electron chi connectivity index (χ2n) is 3.56. The van der Waals surface area contributed by atoms with Crippen molar-refractivity contribution in [2.24, 2.45) is 5.16 Å². The highest BCUT2D eigenvalue weighted by atomic mass is 16.4. The van der Waals surface area contributed by atoms with Crippen LogP contribution in [0.15, 0.2) is 29.4 Å². The first-order chi connectivity index (χ1) is 7.67. The van der Waals surface area contributed by atoms with Gasteiger partial charge in [0.2, 0.25) is 5.91 Å². The van der Waals surface area contributed by atoms with Crippen molar-refractivity contribution in [3.63, 3.8) is 0 Å². The highest BCUT2D eigenvalue weighted by Crippen LogP contribution is 2.10. The van der Waals surface area contributed by atoms with Crippen molar-refractivity contribution in [2.75, 3.05) is 5.32 Å². The van der Waals surface area contributed by atoms with Crippen LogP contribution in [0.3, 0.4) is 0 Å². The van der Waals surface area contributed by atoms with E-state index in [-0.39, 0.29) is 5.91 Å². The van der Waals surface area contributed by atoms with E-state index in [1.807, 2.05) is 6.92 Å². The lowest BCUT2D eigenvalue weighted by molar-refractivity contribution is -0.116. The average Bonchev–Trinajstić information content (AvgIpc) is 2.29. The molecule has 0 bridgehead atoms. The van der Waals surface area contributed by atoms with Crippen LogP contribution in [0.25, 0.3) is 0 Å². The van der Waals surface area contributed by atoms with E-state index < -0.39 is 0 Å². The number of rotatable bonds is 4. The molecule has 0 saturated heterocycles. The second-order valence-corrected chi connectivity index (χ2v) is 3.56. The third kappa shape index (κ3) is 3.38. The first-order valence-electron chi connectivity index (χ1n) is 5.26.